The van der Waals surface area contributed by atoms with Crippen LogP contribution in [-0.4, -0.2) is 20.9 Å². The number of hydrogen-bond donors (Lipinski definition) is 3. The Morgan fingerprint density at radius 1 is 1.42 bits per heavy atom. The average Bonchev–Trinajstić information content (AvgIpc) is 2.33. The molecule has 0 saturated heterocycles. The summed E-state index contributed by atoms with van der Waals surface area (Å²) in [4.78, 5) is 42.3. The van der Waals surface area contributed by atoms with Gasteiger partial charge in [-0.2, -0.15) is 0 Å². The second-order valence-electron chi connectivity index (χ2n) is 3.76. The highest BCUT2D eigenvalue weighted by molar-refractivity contribution is 9.10. The SMILES string of the molecule is Cc1cc(NC(=O)c2c[nH]c(=O)[nH]c2=O)ncc1Br. The summed E-state index contributed by atoms with van der Waals surface area (Å²) in [5.41, 5.74) is -0.725. The molecular formula is C11H9BrN4O3. The Hall–Kier alpha value is -2.22. The van der Waals surface area contributed by atoms with Crippen molar-refractivity contribution in [2.24, 2.45) is 0 Å². The summed E-state index contributed by atoms with van der Waals surface area (Å²) in [7, 11) is 0. The van der Waals surface area contributed by atoms with E-state index >= 15 is 0 Å². The Bertz CT molecular complexity index is 750. The normalized spacial score (nSPS) is 10.2. The number of carbonyl (C=O) groups excluding carboxylic acids is 1. The molecule has 0 aliphatic heterocycles. The minimum Gasteiger partial charge on any atom is -0.313 e. The fourth-order valence-corrected chi connectivity index (χ4v) is 1.59. The number of aromatic amines is 2. The molecule has 1 amide bonds. The first-order valence-electron chi connectivity index (χ1n) is 5.23. The number of anilines is 1. The molecule has 8 heteroatoms. The smallest absolute Gasteiger partial charge is 0.313 e. The Morgan fingerprint density at radius 2 is 2.16 bits per heavy atom. The highest BCUT2D eigenvalue weighted by Crippen LogP contribution is 2.17. The lowest BCUT2D eigenvalue weighted by Gasteiger charge is -2.05. The molecule has 2 aromatic rings. The first-order chi connectivity index (χ1) is 8.97. The minimum absolute atomic E-state index is 0.193. The molecule has 0 atom stereocenters. The number of nitrogens with one attached hydrogen (secondary N) is 3. The number of nitrogens with zero attached hydrogens (tertiary/aromatic N) is 1. The molecule has 0 aliphatic rings. The summed E-state index contributed by atoms with van der Waals surface area (Å²) >= 11 is 3.29. The number of rotatable bonds is 2. The zero-order valence-corrected chi connectivity index (χ0v) is 11.4. The van der Waals surface area contributed by atoms with Crippen LogP contribution in [-0.2, 0) is 0 Å². The van der Waals surface area contributed by atoms with Crippen LogP contribution in [0.4, 0.5) is 5.82 Å². The van der Waals surface area contributed by atoms with Crippen molar-refractivity contribution in [1.29, 1.82) is 0 Å². The lowest BCUT2D eigenvalue weighted by molar-refractivity contribution is 0.102. The quantitative estimate of drug-likeness (QED) is 0.758. The molecule has 2 aromatic heterocycles. The van der Waals surface area contributed by atoms with Crippen LogP contribution in [0.1, 0.15) is 15.9 Å². The summed E-state index contributed by atoms with van der Waals surface area (Å²) in [6.45, 7) is 1.84. The highest BCUT2D eigenvalue weighted by Gasteiger charge is 2.12. The van der Waals surface area contributed by atoms with E-state index in [1.165, 1.54) is 0 Å². The van der Waals surface area contributed by atoms with E-state index in [0.717, 1.165) is 16.2 Å². The Balaban J connectivity index is 2.28. The van der Waals surface area contributed by atoms with E-state index in [9.17, 15) is 14.4 Å². The fraction of sp³-hybridized carbons (Fsp3) is 0.0909. The lowest BCUT2D eigenvalue weighted by atomic mass is 10.3. The van der Waals surface area contributed by atoms with Gasteiger partial charge in [-0.1, -0.05) is 0 Å². The van der Waals surface area contributed by atoms with Crippen LogP contribution in [0.5, 0.6) is 0 Å². The van der Waals surface area contributed by atoms with Crippen LogP contribution in [0.25, 0.3) is 0 Å². The molecule has 7 nitrogen and oxygen atoms in total. The lowest BCUT2D eigenvalue weighted by Crippen LogP contribution is -2.29. The molecule has 19 heavy (non-hydrogen) atoms. The first kappa shape index (κ1) is 13.2. The predicted molar refractivity (Wildman–Crippen MR) is 72.3 cm³/mol. The Kier molecular flexibility index (Phi) is 3.61. The van der Waals surface area contributed by atoms with E-state index in [2.05, 4.69) is 31.2 Å². The van der Waals surface area contributed by atoms with Gasteiger partial charge in [0.2, 0.25) is 0 Å². The van der Waals surface area contributed by atoms with Gasteiger partial charge < -0.3 is 10.3 Å². The number of halogens is 1. The van der Waals surface area contributed by atoms with Crippen molar-refractivity contribution in [3.05, 3.63) is 54.9 Å². The molecule has 3 N–H and O–H groups in total. The van der Waals surface area contributed by atoms with Crippen molar-refractivity contribution in [3.8, 4) is 0 Å². The number of amides is 1. The van der Waals surface area contributed by atoms with Crippen LogP contribution in [0.2, 0.25) is 0 Å². The fourth-order valence-electron chi connectivity index (χ4n) is 1.37. The number of pyridine rings is 1. The van der Waals surface area contributed by atoms with Gasteiger partial charge in [0, 0.05) is 16.9 Å². The molecule has 0 unspecified atom stereocenters. The molecule has 0 radical (unpaired) electrons. The van der Waals surface area contributed by atoms with Gasteiger partial charge in [-0.15, -0.1) is 0 Å². The second kappa shape index (κ2) is 5.19. The molecule has 0 saturated carbocycles. The second-order valence-corrected chi connectivity index (χ2v) is 4.61. The van der Waals surface area contributed by atoms with Gasteiger partial charge in [0.1, 0.15) is 11.4 Å². The Labute approximate surface area is 115 Å². The van der Waals surface area contributed by atoms with Crippen LogP contribution >= 0.6 is 15.9 Å². The van der Waals surface area contributed by atoms with E-state index in [1.807, 2.05) is 11.9 Å². The number of aryl methyl sites for hydroxylation is 1. The summed E-state index contributed by atoms with van der Waals surface area (Å²) in [5, 5.41) is 2.47. The van der Waals surface area contributed by atoms with E-state index in [1.54, 1.807) is 12.3 Å². The summed E-state index contributed by atoms with van der Waals surface area (Å²) in [6, 6.07) is 1.65. The molecule has 0 spiro atoms. The van der Waals surface area contributed by atoms with Gasteiger partial charge in [0.25, 0.3) is 11.5 Å². The van der Waals surface area contributed by atoms with E-state index in [0.29, 0.717) is 5.82 Å². The zero-order chi connectivity index (χ0) is 14.0. The average molecular weight is 325 g/mol. The molecule has 2 heterocycles. The summed E-state index contributed by atoms with van der Waals surface area (Å²) in [6.07, 6.45) is 2.60. The summed E-state index contributed by atoms with van der Waals surface area (Å²) in [5.74, 6) is -0.331. The molecule has 0 bridgehead atoms. The van der Waals surface area contributed by atoms with Crippen LogP contribution in [0, 0.1) is 6.92 Å². The largest absolute Gasteiger partial charge is 0.325 e. The maximum absolute atomic E-state index is 11.8. The molecule has 98 valence electrons. The van der Waals surface area contributed by atoms with Gasteiger partial charge in [-0.3, -0.25) is 14.6 Å². The molecule has 0 aromatic carbocycles. The Morgan fingerprint density at radius 3 is 2.79 bits per heavy atom. The maximum atomic E-state index is 11.8. The first-order valence-corrected chi connectivity index (χ1v) is 6.02. The van der Waals surface area contributed by atoms with Crippen molar-refractivity contribution >= 4 is 27.7 Å². The van der Waals surface area contributed by atoms with Crippen molar-refractivity contribution in [1.82, 2.24) is 15.0 Å². The number of carbonyl (C=O) groups is 1. The van der Waals surface area contributed by atoms with Gasteiger partial charge in [-0.25, -0.2) is 9.78 Å². The predicted octanol–water partition coefficient (Wildman–Crippen LogP) is 0.781. The topological polar surface area (TPSA) is 108 Å². The van der Waals surface area contributed by atoms with Crippen LogP contribution in [0.3, 0.4) is 0 Å². The number of aromatic nitrogens is 3. The van der Waals surface area contributed by atoms with E-state index in [4.69, 9.17) is 0 Å². The third kappa shape index (κ3) is 2.97. The minimum atomic E-state index is -0.755. The highest BCUT2D eigenvalue weighted by atomic mass is 79.9. The van der Waals surface area contributed by atoms with Crippen molar-refractivity contribution in [2.75, 3.05) is 5.32 Å². The van der Waals surface area contributed by atoms with Gasteiger partial charge in [0.05, 0.1) is 0 Å². The molecule has 2 rings (SSSR count). The summed E-state index contributed by atoms with van der Waals surface area (Å²) < 4.78 is 0.812. The number of H-pyrrole nitrogens is 2. The van der Waals surface area contributed by atoms with Crippen molar-refractivity contribution in [2.45, 2.75) is 6.92 Å². The van der Waals surface area contributed by atoms with Gasteiger partial charge >= 0.3 is 5.69 Å². The third-order valence-electron chi connectivity index (χ3n) is 2.35. The van der Waals surface area contributed by atoms with Gasteiger partial charge in [0.15, 0.2) is 0 Å². The molecule has 0 aliphatic carbocycles. The monoisotopic (exact) mass is 324 g/mol. The molecule has 0 fully saturated rings. The standard InChI is InChI=1S/C11H9BrN4O3/c1-5-2-8(13-4-7(5)12)15-9(17)6-3-14-11(19)16-10(6)18/h2-4H,1H3,(H,13,15,17)(H2,14,16,18,19). The van der Waals surface area contributed by atoms with E-state index < -0.39 is 17.2 Å². The van der Waals surface area contributed by atoms with Crippen LogP contribution < -0.4 is 16.6 Å². The van der Waals surface area contributed by atoms with Crippen LogP contribution in [0.15, 0.2) is 32.5 Å². The van der Waals surface area contributed by atoms with Gasteiger partial charge in [-0.05, 0) is 34.5 Å². The maximum Gasteiger partial charge on any atom is 0.325 e. The van der Waals surface area contributed by atoms with Crippen molar-refractivity contribution in [3.63, 3.8) is 0 Å². The zero-order valence-electron chi connectivity index (χ0n) is 9.78. The van der Waals surface area contributed by atoms with E-state index in [-0.39, 0.29) is 5.56 Å². The third-order valence-corrected chi connectivity index (χ3v) is 3.18. The molecular weight excluding hydrogens is 316 g/mol. The number of hydrogen-bond acceptors (Lipinski definition) is 4. The van der Waals surface area contributed by atoms with Crippen molar-refractivity contribution < 1.29 is 4.79 Å².